The molecular weight excluding hydrogens is 372 g/mol. The summed E-state index contributed by atoms with van der Waals surface area (Å²) in [4.78, 5) is 49.2. The second-order valence-electron chi connectivity index (χ2n) is 6.36. The minimum absolute atomic E-state index is 0.0961. The summed E-state index contributed by atoms with van der Waals surface area (Å²) in [5.74, 6) is -2.97. The van der Waals surface area contributed by atoms with E-state index in [1.807, 2.05) is 36.4 Å². The van der Waals surface area contributed by atoms with Crippen LogP contribution in [0, 0.1) is 0 Å². The van der Waals surface area contributed by atoms with Crippen LogP contribution in [0.4, 0.5) is 10.5 Å². The first-order valence-corrected chi connectivity index (χ1v) is 8.66. The summed E-state index contributed by atoms with van der Waals surface area (Å²) in [5.41, 5.74) is 0.489. The number of fused-ring (bicyclic) bond motifs is 1. The molecule has 0 bridgehead atoms. The lowest BCUT2D eigenvalue weighted by atomic mass is 10.0. The fraction of sp³-hybridized carbons (Fsp3) is 0. The van der Waals surface area contributed by atoms with Crippen molar-refractivity contribution < 1.29 is 24.3 Å². The Labute approximate surface area is 164 Å². The molecule has 0 aromatic heterocycles. The van der Waals surface area contributed by atoms with Gasteiger partial charge in [0, 0.05) is 0 Å². The molecule has 0 aliphatic carbocycles. The normalized spacial score (nSPS) is 15.7. The maximum atomic E-state index is 13.0. The van der Waals surface area contributed by atoms with Crippen LogP contribution in [0.1, 0.15) is 15.9 Å². The highest BCUT2D eigenvalue weighted by Gasteiger charge is 2.36. The number of carbonyl (C=O) groups is 4. The Morgan fingerprint density at radius 3 is 2.31 bits per heavy atom. The fourth-order valence-electron chi connectivity index (χ4n) is 3.17. The van der Waals surface area contributed by atoms with Crippen LogP contribution in [0.3, 0.4) is 0 Å². The first kappa shape index (κ1) is 18.1. The minimum atomic E-state index is -1.38. The Hall–Kier alpha value is -4.26. The highest BCUT2D eigenvalue weighted by atomic mass is 16.4. The number of amides is 4. The second kappa shape index (κ2) is 7.05. The van der Waals surface area contributed by atoms with Crippen LogP contribution in [0.15, 0.2) is 72.3 Å². The van der Waals surface area contributed by atoms with Gasteiger partial charge in [-0.1, -0.05) is 54.6 Å². The van der Waals surface area contributed by atoms with Crippen molar-refractivity contribution >= 4 is 46.4 Å². The Balaban J connectivity index is 1.77. The van der Waals surface area contributed by atoms with Crippen LogP contribution in [0.25, 0.3) is 16.8 Å². The van der Waals surface area contributed by atoms with E-state index in [9.17, 15) is 24.3 Å². The minimum Gasteiger partial charge on any atom is -0.545 e. The molecular formula is C22H13N2O5-. The van der Waals surface area contributed by atoms with Crippen molar-refractivity contribution in [2.24, 2.45) is 0 Å². The third-order valence-electron chi connectivity index (χ3n) is 4.59. The van der Waals surface area contributed by atoms with E-state index in [1.165, 1.54) is 30.3 Å². The Kier molecular flexibility index (Phi) is 4.40. The molecule has 1 heterocycles. The van der Waals surface area contributed by atoms with Crippen molar-refractivity contribution in [3.8, 4) is 0 Å². The zero-order chi connectivity index (χ0) is 20.5. The van der Waals surface area contributed by atoms with E-state index in [2.05, 4.69) is 5.32 Å². The number of carboxylic acid groups (broad SMARTS) is 1. The molecule has 0 unspecified atom stereocenters. The van der Waals surface area contributed by atoms with Crippen molar-refractivity contribution in [2.75, 3.05) is 4.90 Å². The number of hydrogen-bond donors (Lipinski definition) is 1. The summed E-state index contributed by atoms with van der Waals surface area (Å²) in [6, 6.07) is 17.1. The molecule has 0 atom stereocenters. The molecule has 4 rings (SSSR count). The molecule has 29 heavy (non-hydrogen) atoms. The third-order valence-corrected chi connectivity index (χ3v) is 4.59. The largest absolute Gasteiger partial charge is 0.545 e. The number of nitrogens with one attached hydrogen (secondary N) is 1. The number of aromatic carboxylic acids is 1. The number of rotatable bonds is 3. The summed E-state index contributed by atoms with van der Waals surface area (Å²) < 4.78 is 0. The number of carboxylic acids is 1. The van der Waals surface area contributed by atoms with Gasteiger partial charge in [0.1, 0.15) is 5.57 Å². The molecule has 7 nitrogen and oxygen atoms in total. The van der Waals surface area contributed by atoms with Crippen LogP contribution in [0.5, 0.6) is 0 Å². The quantitative estimate of drug-likeness (QED) is 0.547. The Morgan fingerprint density at radius 1 is 0.897 bits per heavy atom. The Morgan fingerprint density at radius 2 is 1.59 bits per heavy atom. The van der Waals surface area contributed by atoms with Gasteiger partial charge in [-0.25, -0.2) is 9.69 Å². The summed E-state index contributed by atoms with van der Waals surface area (Å²) in [6.07, 6.45) is 1.44. The number of imide groups is 2. The smallest absolute Gasteiger partial charge is 0.335 e. The molecule has 3 aromatic carbocycles. The SMILES string of the molecule is O=C1NC(=O)N(c2ccc(C(=O)[O-])cc2)C(=O)/C1=C\c1cccc2ccccc12. The summed E-state index contributed by atoms with van der Waals surface area (Å²) >= 11 is 0. The van der Waals surface area contributed by atoms with E-state index in [0.29, 0.717) is 5.56 Å². The van der Waals surface area contributed by atoms with E-state index in [0.717, 1.165) is 15.7 Å². The number of anilines is 1. The molecule has 1 saturated heterocycles. The molecule has 4 amide bonds. The maximum Gasteiger partial charge on any atom is 0.335 e. The lowest BCUT2D eigenvalue weighted by Gasteiger charge is -2.26. The van der Waals surface area contributed by atoms with Gasteiger partial charge in [0.2, 0.25) is 0 Å². The molecule has 1 fully saturated rings. The average Bonchev–Trinajstić information content (AvgIpc) is 2.71. The molecule has 0 radical (unpaired) electrons. The van der Waals surface area contributed by atoms with E-state index < -0.39 is 23.8 Å². The van der Waals surface area contributed by atoms with Gasteiger partial charge in [0.15, 0.2) is 0 Å². The van der Waals surface area contributed by atoms with Crippen LogP contribution < -0.4 is 15.3 Å². The summed E-state index contributed by atoms with van der Waals surface area (Å²) in [7, 11) is 0. The highest BCUT2D eigenvalue weighted by molar-refractivity contribution is 6.39. The third kappa shape index (κ3) is 3.25. The lowest BCUT2D eigenvalue weighted by molar-refractivity contribution is -0.255. The van der Waals surface area contributed by atoms with Crippen LogP contribution in [0.2, 0.25) is 0 Å². The van der Waals surface area contributed by atoms with Gasteiger partial charge < -0.3 is 9.90 Å². The predicted octanol–water partition coefficient (Wildman–Crippen LogP) is 1.87. The lowest BCUT2D eigenvalue weighted by Crippen LogP contribution is -2.54. The number of urea groups is 1. The Bertz CT molecular complexity index is 1210. The second-order valence-corrected chi connectivity index (χ2v) is 6.36. The number of hydrogen-bond acceptors (Lipinski definition) is 5. The van der Waals surface area contributed by atoms with Gasteiger partial charge >= 0.3 is 6.03 Å². The van der Waals surface area contributed by atoms with Crippen molar-refractivity contribution in [2.45, 2.75) is 0 Å². The fourth-order valence-corrected chi connectivity index (χ4v) is 3.17. The molecule has 0 spiro atoms. The van der Waals surface area contributed by atoms with E-state index >= 15 is 0 Å². The molecule has 1 N–H and O–H groups in total. The molecule has 7 heteroatoms. The predicted molar refractivity (Wildman–Crippen MR) is 104 cm³/mol. The first-order valence-electron chi connectivity index (χ1n) is 8.66. The van der Waals surface area contributed by atoms with Crippen LogP contribution >= 0.6 is 0 Å². The molecule has 142 valence electrons. The van der Waals surface area contributed by atoms with Gasteiger partial charge in [-0.05, 0) is 40.1 Å². The number of benzene rings is 3. The first-order chi connectivity index (χ1) is 14.0. The van der Waals surface area contributed by atoms with E-state index in [1.54, 1.807) is 6.07 Å². The maximum absolute atomic E-state index is 13.0. The molecule has 1 aliphatic rings. The number of carbonyl (C=O) groups excluding carboxylic acids is 4. The van der Waals surface area contributed by atoms with Crippen molar-refractivity contribution in [3.63, 3.8) is 0 Å². The summed E-state index contributed by atoms with van der Waals surface area (Å²) in [6.45, 7) is 0. The standard InChI is InChI=1S/C22H14N2O5/c25-19-18(12-15-6-3-5-13-4-1-2-7-17(13)15)20(26)24(22(29)23-19)16-10-8-14(9-11-16)21(27)28/h1-12H,(H,27,28)(H,23,25,29)/p-1/b18-12-. The van der Waals surface area contributed by atoms with Gasteiger partial charge in [-0.3, -0.25) is 14.9 Å². The van der Waals surface area contributed by atoms with Crippen LogP contribution in [-0.4, -0.2) is 23.8 Å². The molecule has 0 saturated carbocycles. The molecule has 3 aromatic rings. The average molecular weight is 385 g/mol. The van der Waals surface area contributed by atoms with Gasteiger partial charge in [-0.15, -0.1) is 0 Å². The van der Waals surface area contributed by atoms with Crippen molar-refractivity contribution in [1.82, 2.24) is 5.32 Å². The van der Waals surface area contributed by atoms with Crippen LogP contribution in [-0.2, 0) is 9.59 Å². The van der Waals surface area contributed by atoms with Gasteiger partial charge in [0.05, 0.1) is 11.7 Å². The monoisotopic (exact) mass is 385 g/mol. The zero-order valence-corrected chi connectivity index (χ0v) is 14.9. The summed E-state index contributed by atoms with van der Waals surface area (Å²) in [5, 5.41) is 14.8. The van der Waals surface area contributed by atoms with E-state index in [4.69, 9.17) is 0 Å². The van der Waals surface area contributed by atoms with Gasteiger partial charge in [-0.2, -0.15) is 0 Å². The van der Waals surface area contributed by atoms with Crippen molar-refractivity contribution in [3.05, 3.63) is 83.4 Å². The van der Waals surface area contributed by atoms with E-state index in [-0.39, 0.29) is 16.8 Å². The highest BCUT2D eigenvalue weighted by Crippen LogP contribution is 2.25. The number of nitrogens with zero attached hydrogens (tertiary/aromatic N) is 1. The van der Waals surface area contributed by atoms with Gasteiger partial charge in [0.25, 0.3) is 11.8 Å². The van der Waals surface area contributed by atoms with Crippen molar-refractivity contribution in [1.29, 1.82) is 0 Å². The molecule has 1 aliphatic heterocycles. The zero-order valence-electron chi connectivity index (χ0n) is 14.9. The topological polar surface area (TPSA) is 107 Å². The number of barbiturate groups is 1.